The van der Waals surface area contributed by atoms with Crippen molar-refractivity contribution in [1.82, 2.24) is 10.2 Å². The minimum Gasteiger partial charge on any atom is -0.466 e. The number of nitrogens with zero attached hydrogens (tertiary/aromatic N) is 1. The van der Waals surface area contributed by atoms with Crippen molar-refractivity contribution in [2.75, 3.05) is 7.11 Å². The van der Waals surface area contributed by atoms with E-state index in [1.165, 1.54) is 13.2 Å². The third kappa shape index (κ3) is 2.85. The normalized spacial score (nSPS) is 21.3. The van der Waals surface area contributed by atoms with Gasteiger partial charge in [-0.3, -0.25) is 4.90 Å². The van der Waals surface area contributed by atoms with Gasteiger partial charge in [0.1, 0.15) is 5.82 Å². The largest absolute Gasteiger partial charge is 0.466 e. The minimum absolute atomic E-state index is 0.102. The summed E-state index contributed by atoms with van der Waals surface area (Å²) >= 11 is 3.20. The molecule has 1 heterocycles. The van der Waals surface area contributed by atoms with E-state index in [4.69, 9.17) is 4.74 Å². The van der Waals surface area contributed by atoms with E-state index in [-0.39, 0.29) is 23.2 Å². The predicted molar refractivity (Wildman–Crippen MR) is 84.9 cm³/mol. The summed E-state index contributed by atoms with van der Waals surface area (Å²) in [6.07, 6.45) is 1.80. The first-order chi connectivity index (χ1) is 10.9. The molecule has 1 saturated carbocycles. The maximum absolute atomic E-state index is 14.3. The number of carbonyl (C=O) groups is 2. The molecule has 0 bridgehead atoms. The number of allylic oxidation sites excluding steroid dienone is 1. The molecule has 1 fully saturated rings. The van der Waals surface area contributed by atoms with Crippen LogP contribution in [-0.4, -0.2) is 30.1 Å². The molecule has 0 aromatic heterocycles. The lowest BCUT2D eigenvalue weighted by molar-refractivity contribution is -0.136. The van der Waals surface area contributed by atoms with Crippen LogP contribution in [0.2, 0.25) is 0 Å². The van der Waals surface area contributed by atoms with Crippen molar-refractivity contribution in [3.63, 3.8) is 0 Å². The summed E-state index contributed by atoms with van der Waals surface area (Å²) in [5, 5.41) is 2.73. The van der Waals surface area contributed by atoms with Crippen LogP contribution in [0.5, 0.6) is 0 Å². The van der Waals surface area contributed by atoms with Crippen molar-refractivity contribution in [2.24, 2.45) is 0 Å². The van der Waals surface area contributed by atoms with Gasteiger partial charge in [-0.05, 0) is 31.9 Å². The summed E-state index contributed by atoms with van der Waals surface area (Å²) in [7, 11) is 1.27. The van der Waals surface area contributed by atoms with Gasteiger partial charge >= 0.3 is 12.0 Å². The Morgan fingerprint density at radius 1 is 1.43 bits per heavy atom. The van der Waals surface area contributed by atoms with Gasteiger partial charge in [-0.1, -0.05) is 22.0 Å². The standard InChI is InChI=1S/C16H16BrFN2O3/c1-8-13(15(21)23-2)14(11-6-3-9(17)7-12(11)18)19-16(22)20(8)10-4-5-10/h3,6-7,10,14H,4-5H2,1-2H3,(H,19,22). The van der Waals surface area contributed by atoms with Crippen molar-refractivity contribution in [3.05, 3.63) is 45.3 Å². The van der Waals surface area contributed by atoms with Gasteiger partial charge in [-0.2, -0.15) is 0 Å². The molecular weight excluding hydrogens is 367 g/mol. The summed E-state index contributed by atoms with van der Waals surface area (Å²) in [5.41, 5.74) is 1.02. The van der Waals surface area contributed by atoms with Gasteiger partial charge in [0.05, 0.1) is 18.7 Å². The van der Waals surface area contributed by atoms with E-state index in [1.54, 1.807) is 24.0 Å². The van der Waals surface area contributed by atoms with E-state index in [0.717, 1.165) is 12.8 Å². The smallest absolute Gasteiger partial charge is 0.337 e. The molecule has 5 nitrogen and oxygen atoms in total. The number of amides is 2. The van der Waals surface area contributed by atoms with Crippen LogP contribution in [0.3, 0.4) is 0 Å². The maximum atomic E-state index is 14.3. The summed E-state index contributed by atoms with van der Waals surface area (Å²) < 4.78 is 19.8. The Bertz CT molecular complexity index is 715. The van der Waals surface area contributed by atoms with E-state index in [1.807, 2.05) is 0 Å². The van der Waals surface area contributed by atoms with Crippen molar-refractivity contribution in [1.29, 1.82) is 0 Å². The first-order valence-electron chi connectivity index (χ1n) is 7.27. The molecule has 1 N–H and O–H groups in total. The topological polar surface area (TPSA) is 58.6 Å². The van der Waals surface area contributed by atoms with Crippen molar-refractivity contribution in [2.45, 2.75) is 31.8 Å². The fourth-order valence-corrected chi connectivity index (χ4v) is 3.21. The number of halogens is 2. The van der Waals surface area contributed by atoms with Gasteiger partial charge in [0.15, 0.2) is 0 Å². The van der Waals surface area contributed by atoms with Gasteiger partial charge < -0.3 is 10.1 Å². The number of methoxy groups -OCH3 is 1. The number of nitrogens with one attached hydrogen (secondary N) is 1. The van der Waals surface area contributed by atoms with Crippen LogP contribution in [0.4, 0.5) is 9.18 Å². The Hall–Kier alpha value is -1.89. The van der Waals surface area contributed by atoms with Crippen molar-refractivity contribution in [3.8, 4) is 0 Å². The molecule has 0 radical (unpaired) electrons. The molecule has 1 aromatic rings. The second-order valence-electron chi connectivity index (χ2n) is 5.64. The molecule has 0 saturated heterocycles. The molecule has 1 atom stereocenters. The first-order valence-corrected chi connectivity index (χ1v) is 8.07. The minimum atomic E-state index is -0.863. The van der Waals surface area contributed by atoms with E-state index in [0.29, 0.717) is 10.2 Å². The maximum Gasteiger partial charge on any atom is 0.337 e. The number of rotatable bonds is 3. The average Bonchev–Trinajstić information content (AvgIpc) is 3.31. The van der Waals surface area contributed by atoms with E-state index in [9.17, 15) is 14.0 Å². The van der Waals surface area contributed by atoms with Gasteiger partial charge in [-0.25, -0.2) is 14.0 Å². The molecule has 3 rings (SSSR count). The number of ether oxygens (including phenoxy) is 1. The van der Waals surface area contributed by atoms with Crippen LogP contribution in [0.25, 0.3) is 0 Å². The summed E-state index contributed by atoms with van der Waals surface area (Å²) in [5.74, 6) is -1.07. The third-order valence-electron chi connectivity index (χ3n) is 4.12. The van der Waals surface area contributed by atoms with Gasteiger partial charge in [0, 0.05) is 21.8 Å². The molecule has 2 aliphatic rings. The Morgan fingerprint density at radius 3 is 2.70 bits per heavy atom. The monoisotopic (exact) mass is 382 g/mol. The lowest BCUT2D eigenvalue weighted by Crippen LogP contribution is -2.49. The lowest BCUT2D eigenvalue weighted by atomic mass is 9.94. The van der Waals surface area contributed by atoms with Crippen LogP contribution < -0.4 is 5.32 Å². The van der Waals surface area contributed by atoms with Crippen LogP contribution in [0.1, 0.15) is 31.4 Å². The molecule has 1 aliphatic carbocycles. The Morgan fingerprint density at radius 2 is 2.13 bits per heavy atom. The van der Waals surface area contributed by atoms with Gasteiger partial charge in [0.2, 0.25) is 0 Å². The molecular formula is C16H16BrFN2O3. The quantitative estimate of drug-likeness (QED) is 0.816. The Labute approximate surface area is 141 Å². The second-order valence-corrected chi connectivity index (χ2v) is 6.56. The SMILES string of the molecule is COC(=O)C1=C(C)N(C2CC2)C(=O)NC1c1ccc(Br)cc1F. The lowest BCUT2D eigenvalue weighted by Gasteiger charge is -2.35. The summed E-state index contributed by atoms with van der Waals surface area (Å²) in [4.78, 5) is 26.2. The van der Waals surface area contributed by atoms with Crippen molar-refractivity contribution >= 4 is 27.9 Å². The summed E-state index contributed by atoms with van der Waals surface area (Å²) in [6.45, 7) is 1.70. The van der Waals surface area contributed by atoms with Gasteiger partial charge in [-0.15, -0.1) is 0 Å². The fraction of sp³-hybridized carbons (Fsp3) is 0.375. The van der Waals surface area contributed by atoms with E-state index in [2.05, 4.69) is 21.2 Å². The molecule has 1 aromatic carbocycles. The Kier molecular flexibility index (Phi) is 4.14. The zero-order chi connectivity index (χ0) is 16.7. The molecule has 2 amide bonds. The van der Waals surface area contributed by atoms with Gasteiger partial charge in [0.25, 0.3) is 0 Å². The molecule has 0 spiro atoms. The molecule has 7 heteroatoms. The highest BCUT2D eigenvalue weighted by atomic mass is 79.9. The third-order valence-corrected chi connectivity index (χ3v) is 4.61. The highest BCUT2D eigenvalue weighted by molar-refractivity contribution is 9.10. The summed E-state index contributed by atoms with van der Waals surface area (Å²) in [6, 6.07) is 3.45. The number of hydrogen-bond donors (Lipinski definition) is 1. The highest BCUT2D eigenvalue weighted by Crippen LogP contribution is 2.38. The molecule has 1 unspecified atom stereocenters. The van der Waals surface area contributed by atoms with E-state index < -0.39 is 17.8 Å². The number of hydrogen-bond acceptors (Lipinski definition) is 3. The Balaban J connectivity index is 2.11. The van der Waals surface area contributed by atoms with E-state index >= 15 is 0 Å². The van der Waals surface area contributed by atoms with Crippen LogP contribution in [-0.2, 0) is 9.53 Å². The van der Waals surface area contributed by atoms with Crippen LogP contribution >= 0.6 is 15.9 Å². The average molecular weight is 383 g/mol. The predicted octanol–water partition coefficient (Wildman–Crippen LogP) is 3.26. The van der Waals surface area contributed by atoms with Crippen molar-refractivity contribution < 1.29 is 18.7 Å². The van der Waals surface area contributed by atoms with Crippen LogP contribution in [0.15, 0.2) is 33.9 Å². The number of benzene rings is 1. The number of urea groups is 1. The van der Waals surface area contributed by atoms with Crippen LogP contribution in [0, 0.1) is 5.82 Å². The molecule has 122 valence electrons. The number of carbonyl (C=O) groups excluding carboxylic acids is 2. The molecule has 23 heavy (non-hydrogen) atoms. The zero-order valence-electron chi connectivity index (χ0n) is 12.7. The number of esters is 1. The molecule has 1 aliphatic heterocycles. The highest BCUT2D eigenvalue weighted by Gasteiger charge is 2.43. The second kappa shape index (κ2) is 5.96. The zero-order valence-corrected chi connectivity index (χ0v) is 14.3. The first kappa shape index (κ1) is 16.0. The fourth-order valence-electron chi connectivity index (χ4n) is 2.87.